The first-order valence-electron chi connectivity index (χ1n) is 12.9. The topological polar surface area (TPSA) is 61.4 Å². The SMILES string of the molecule is CC1(C)CC(=O)C2=C(C1)Nc1ccccc1N(CC(=O)NCc1ccccc1Cl)C2C1CC=CCC1. The molecule has 5 rings (SSSR count). The maximum Gasteiger partial charge on any atom is 0.239 e. The van der Waals surface area contributed by atoms with Gasteiger partial charge in [0.1, 0.15) is 0 Å². The van der Waals surface area contributed by atoms with Crippen LogP contribution in [0.5, 0.6) is 0 Å². The van der Waals surface area contributed by atoms with Crippen molar-refractivity contribution in [1.82, 2.24) is 5.32 Å². The van der Waals surface area contributed by atoms with Crippen LogP contribution in [0.1, 0.15) is 51.5 Å². The van der Waals surface area contributed by atoms with Crippen molar-refractivity contribution in [2.45, 2.75) is 58.5 Å². The zero-order valence-electron chi connectivity index (χ0n) is 21.0. The van der Waals surface area contributed by atoms with Gasteiger partial charge in [0, 0.05) is 29.3 Å². The number of carbonyl (C=O) groups excluding carboxylic acids is 2. The highest BCUT2D eigenvalue weighted by molar-refractivity contribution is 6.31. The van der Waals surface area contributed by atoms with Gasteiger partial charge in [0.25, 0.3) is 0 Å². The number of Topliss-reactive ketones (excluding diaryl/α,β-unsaturated/α-hetero) is 1. The Labute approximate surface area is 218 Å². The number of para-hydroxylation sites is 2. The van der Waals surface area contributed by atoms with Crippen LogP contribution in [0.2, 0.25) is 5.02 Å². The van der Waals surface area contributed by atoms with Crippen molar-refractivity contribution in [3.63, 3.8) is 0 Å². The Kier molecular flexibility index (Phi) is 6.94. The molecule has 2 atom stereocenters. The number of allylic oxidation sites excluding steroid dienone is 3. The Balaban J connectivity index is 1.52. The highest BCUT2D eigenvalue weighted by Crippen LogP contribution is 2.46. The predicted octanol–water partition coefficient (Wildman–Crippen LogP) is 6.26. The van der Waals surface area contributed by atoms with Gasteiger partial charge < -0.3 is 15.5 Å². The van der Waals surface area contributed by atoms with Gasteiger partial charge in [-0.25, -0.2) is 0 Å². The van der Waals surface area contributed by atoms with Crippen LogP contribution in [0.4, 0.5) is 11.4 Å². The van der Waals surface area contributed by atoms with Crippen LogP contribution in [0.3, 0.4) is 0 Å². The predicted molar refractivity (Wildman–Crippen MR) is 146 cm³/mol. The minimum absolute atomic E-state index is 0.0892. The van der Waals surface area contributed by atoms with Crippen molar-refractivity contribution in [1.29, 1.82) is 0 Å². The van der Waals surface area contributed by atoms with Gasteiger partial charge in [0.05, 0.1) is 24.0 Å². The number of halogens is 1. The molecule has 188 valence electrons. The van der Waals surface area contributed by atoms with E-state index in [1.54, 1.807) is 0 Å². The van der Waals surface area contributed by atoms with Crippen molar-refractivity contribution < 1.29 is 9.59 Å². The molecule has 2 aromatic carbocycles. The number of anilines is 2. The van der Waals surface area contributed by atoms with Crippen LogP contribution >= 0.6 is 11.6 Å². The first-order chi connectivity index (χ1) is 17.3. The van der Waals surface area contributed by atoms with E-state index in [0.717, 1.165) is 53.9 Å². The Bertz CT molecular complexity index is 1230. The lowest BCUT2D eigenvalue weighted by atomic mass is 9.71. The summed E-state index contributed by atoms with van der Waals surface area (Å²) < 4.78 is 0. The second-order valence-corrected chi connectivity index (χ2v) is 11.4. The molecular weight excluding hydrogens is 470 g/mol. The number of benzene rings is 2. The average molecular weight is 504 g/mol. The van der Waals surface area contributed by atoms with Gasteiger partial charge >= 0.3 is 0 Å². The summed E-state index contributed by atoms with van der Waals surface area (Å²) >= 11 is 6.31. The first kappa shape index (κ1) is 24.6. The fraction of sp³-hybridized carbons (Fsp3) is 0.400. The van der Waals surface area contributed by atoms with Crippen molar-refractivity contribution in [3.8, 4) is 0 Å². The molecule has 6 heteroatoms. The molecule has 36 heavy (non-hydrogen) atoms. The highest BCUT2D eigenvalue weighted by Gasteiger charge is 2.43. The van der Waals surface area contributed by atoms with Crippen LogP contribution in [0.15, 0.2) is 72.0 Å². The summed E-state index contributed by atoms with van der Waals surface area (Å²) in [6, 6.07) is 15.5. The average Bonchev–Trinajstić information content (AvgIpc) is 2.98. The van der Waals surface area contributed by atoms with E-state index in [1.807, 2.05) is 42.5 Å². The van der Waals surface area contributed by atoms with E-state index in [4.69, 9.17) is 11.6 Å². The monoisotopic (exact) mass is 503 g/mol. The fourth-order valence-corrected chi connectivity index (χ4v) is 6.11. The zero-order chi connectivity index (χ0) is 25.3. The Morgan fingerprint density at radius 2 is 1.89 bits per heavy atom. The third kappa shape index (κ3) is 5.08. The second kappa shape index (κ2) is 10.1. The highest BCUT2D eigenvalue weighted by atomic mass is 35.5. The lowest BCUT2D eigenvalue weighted by Crippen LogP contribution is -2.49. The lowest BCUT2D eigenvalue weighted by Gasteiger charge is -2.41. The minimum atomic E-state index is -0.157. The second-order valence-electron chi connectivity index (χ2n) is 11.0. The smallest absolute Gasteiger partial charge is 0.239 e. The van der Waals surface area contributed by atoms with Crippen LogP contribution < -0.4 is 15.5 Å². The number of fused-ring (bicyclic) bond motifs is 1. The molecule has 0 spiro atoms. The van der Waals surface area contributed by atoms with Gasteiger partial charge in [-0.1, -0.05) is 67.9 Å². The van der Waals surface area contributed by atoms with Gasteiger partial charge in [0.15, 0.2) is 5.78 Å². The molecule has 0 saturated heterocycles. The molecule has 3 aliphatic rings. The van der Waals surface area contributed by atoms with Crippen molar-refractivity contribution in [2.24, 2.45) is 11.3 Å². The van der Waals surface area contributed by atoms with Crippen molar-refractivity contribution in [3.05, 3.63) is 82.5 Å². The summed E-state index contributed by atoms with van der Waals surface area (Å²) in [6.45, 7) is 4.85. The summed E-state index contributed by atoms with van der Waals surface area (Å²) in [6.07, 6.45) is 8.67. The van der Waals surface area contributed by atoms with Crippen LogP contribution in [0.25, 0.3) is 0 Å². The molecule has 1 amide bonds. The van der Waals surface area contributed by atoms with Crippen LogP contribution in [-0.4, -0.2) is 24.3 Å². The van der Waals surface area contributed by atoms with Gasteiger partial charge in [-0.3, -0.25) is 9.59 Å². The van der Waals surface area contributed by atoms with Crippen molar-refractivity contribution in [2.75, 3.05) is 16.8 Å². The van der Waals surface area contributed by atoms with Crippen molar-refractivity contribution >= 4 is 34.7 Å². The molecule has 2 aliphatic carbocycles. The number of nitrogens with zero attached hydrogens (tertiary/aromatic N) is 1. The molecule has 2 aromatic rings. The Morgan fingerprint density at radius 3 is 2.67 bits per heavy atom. The van der Waals surface area contributed by atoms with E-state index in [0.29, 0.717) is 18.0 Å². The standard InChI is InChI=1S/C30H34ClN3O2/c1-30(2)16-24-28(26(35)17-30)29(20-10-4-3-5-11-20)34(25-15-9-8-14-23(25)33-24)19-27(36)32-18-21-12-6-7-13-22(21)31/h3-4,6-9,12-15,20,29,33H,5,10-11,16-19H2,1-2H3,(H,32,36). The zero-order valence-corrected chi connectivity index (χ0v) is 21.8. The molecule has 2 unspecified atom stereocenters. The molecule has 0 bridgehead atoms. The summed E-state index contributed by atoms with van der Waals surface area (Å²) in [5, 5.41) is 7.33. The molecule has 0 radical (unpaired) electrons. The summed E-state index contributed by atoms with van der Waals surface area (Å²) in [5.74, 6) is 0.366. The Hall–Kier alpha value is -3.05. The number of carbonyl (C=O) groups is 2. The number of hydrogen-bond donors (Lipinski definition) is 2. The molecule has 1 aliphatic heterocycles. The summed E-state index contributed by atoms with van der Waals surface area (Å²) in [7, 11) is 0. The Morgan fingerprint density at radius 1 is 1.11 bits per heavy atom. The van der Waals surface area contributed by atoms with E-state index < -0.39 is 0 Å². The molecular formula is C30H34ClN3O2. The van der Waals surface area contributed by atoms with E-state index in [2.05, 4.69) is 47.6 Å². The van der Waals surface area contributed by atoms with Gasteiger partial charge in [-0.05, 0) is 60.8 Å². The number of hydrogen-bond acceptors (Lipinski definition) is 4. The number of nitrogens with one attached hydrogen (secondary N) is 2. The maximum atomic E-state index is 13.7. The third-order valence-corrected chi connectivity index (χ3v) is 7.92. The summed E-state index contributed by atoms with van der Waals surface area (Å²) in [4.78, 5) is 29.3. The normalized spacial score (nSPS) is 22.9. The van der Waals surface area contributed by atoms with Gasteiger partial charge in [0.2, 0.25) is 5.91 Å². The largest absolute Gasteiger partial charge is 0.357 e. The molecule has 0 fully saturated rings. The van der Waals surface area contributed by atoms with Gasteiger partial charge in [-0.2, -0.15) is 0 Å². The summed E-state index contributed by atoms with van der Waals surface area (Å²) in [5.41, 5.74) is 4.57. The maximum absolute atomic E-state index is 13.7. The molecule has 1 heterocycles. The van der Waals surface area contributed by atoms with E-state index in [1.165, 1.54) is 0 Å². The van der Waals surface area contributed by atoms with Crippen LogP contribution in [0, 0.1) is 11.3 Å². The molecule has 0 saturated carbocycles. The molecule has 0 aromatic heterocycles. The van der Waals surface area contributed by atoms with Gasteiger partial charge in [-0.15, -0.1) is 0 Å². The van der Waals surface area contributed by atoms with E-state index in [9.17, 15) is 9.59 Å². The van der Waals surface area contributed by atoms with E-state index >= 15 is 0 Å². The minimum Gasteiger partial charge on any atom is -0.357 e. The first-order valence-corrected chi connectivity index (χ1v) is 13.2. The van der Waals surface area contributed by atoms with E-state index in [-0.39, 0.29) is 35.6 Å². The third-order valence-electron chi connectivity index (χ3n) is 7.55. The molecule has 2 N–H and O–H groups in total. The number of ketones is 1. The number of rotatable bonds is 5. The quantitative estimate of drug-likeness (QED) is 0.473. The molecule has 5 nitrogen and oxygen atoms in total. The van der Waals surface area contributed by atoms with Crippen LogP contribution in [-0.2, 0) is 16.1 Å². The lowest BCUT2D eigenvalue weighted by molar-refractivity contribution is -0.121. The fourth-order valence-electron chi connectivity index (χ4n) is 5.91. The number of amides is 1.